The van der Waals surface area contributed by atoms with Gasteiger partial charge in [0.2, 0.25) is 5.82 Å². The van der Waals surface area contributed by atoms with Crippen molar-refractivity contribution in [2.24, 2.45) is 0 Å². The molecular formula is C9H12N6O2S2. The smallest absolute Gasteiger partial charge is 0.341 e. The van der Waals surface area contributed by atoms with Gasteiger partial charge in [-0.05, 0) is 13.3 Å². The standard InChI is InChI=1S/C9H12N6O2S2/c1-5-12-15-9(19-5)18-4-2-3-10-7(16)6-11-8(17)14-13-6/h2-4H2,1H3,(H,10,16)(H2,11,13,14,17). The average Bonchev–Trinajstić information content (AvgIpc) is 2.98. The van der Waals surface area contributed by atoms with Gasteiger partial charge in [-0.1, -0.05) is 23.1 Å². The second-order valence-electron chi connectivity index (χ2n) is 3.57. The number of aryl methyl sites for hydroxylation is 1. The van der Waals surface area contributed by atoms with Gasteiger partial charge in [0.25, 0.3) is 5.91 Å². The molecule has 0 radical (unpaired) electrons. The van der Waals surface area contributed by atoms with Gasteiger partial charge in [-0.25, -0.2) is 9.89 Å². The first kappa shape index (κ1) is 13.7. The fraction of sp³-hybridized carbons (Fsp3) is 0.444. The van der Waals surface area contributed by atoms with Crippen molar-refractivity contribution in [2.75, 3.05) is 12.3 Å². The Hall–Kier alpha value is -1.68. The van der Waals surface area contributed by atoms with Crippen molar-refractivity contribution in [3.63, 3.8) is 0 Å². The first-order chi connectivity index (χ1) is 9.15. The minimum atomic E-state index is -0.493. The Morgan fingerprint density at radius 1 is 1.47 bits per heavy atom. The maximum atomic E-state index is 11.5. The SMILES string of the molecule is Cc1nnc(SCCCNC(=O)c2n[nH]c(=O)[nH]2)s1. The number of hydrogen-bond donors (Lipinski definition) is 3. The van der Waals surface area contributed by atoms with E-state index in [0.717, 1.165) is 21.5 Å². The number of aromatic nitrogens is 5. The molecule has 0 unspecified atom stereocenters. The van der Waals surface area contributed by atoms with Crippen molar-refractivity contribution in [2.45, 2.75) is 17.7 Å². The molecule has 3 N–H and O–H groups in total. The predicted octanol–water partition coefficient (Wildman–Crippen LogP) is 0.170. The number of rotatable bonds is 6. The second kappa shape index (κ2) is 6.48. The van der Waals surface area contributed by atoms with Gasteiger partial charge in [-0.3, -0.25) is 9.78 Å². The van der Waals surface area contributed by atoms with Crippen LogP contribution in [0.4, 0.5) is 0 Å². The van der Waals surface area contributed by atoms with Crippen LogP contribution in [0.5, 0.6) is 0 Å². The highest BCUT2D eigenvalue weighted by atomic mass is 32.2. The Bertz CT molecular complexity index is 604. The predicted molar refractivity (Wildman–Crippen MR) is 71.5 cm³/mol. The number of amides is 1. The number of nitrogens with zero attached hydrogens (tertiary/aromatic N) is 3. The normalized spacial score (nSPS) is 10.6. The van der Waals surface area contributed by atoms with Crippen LogP contribution in [-0.2, 0) is 0 Å². The molecule has 0 bridgehead atoms. The van der Waals surface area contributed by atoms with E-state index in [4.69, 9.17) is 0 Å². The van der Waals surface area contributed by atoms with E-state index in [1.807, 2.05) is 6.92 Å². The lowest BCUT2D eigenvalue weighted by Gasteiger charge is -2.01. The Morgan fingerprint density at radius 2 is 2.32 bits per heavy atom. The van der Waals surface area contributed by atoms with E-state index in [9.17, 15) is 9.59 Å². The Kier molecular flexibility index (Phi) is 4.68. The third-order valence-corrected chi connectivity index (χ3v) is 4.11. The van der Waals surface area contributed by atoms with Crippen LogP contribution in [0.15, 0.2) is 9.13 Å². The molecule has 0 spiro atoms. The van der Waals surface area contributed by atoms with Crippen molar-refractivity contribution < 1.29 is 4.79 Å². The van der Waals surface area contributed by atoms with E-state index < -0.39 is 11.6 Å². The first-order valence-corrected chi connectivity index (χ1v) is 7.31. The number of carbonyl (C=O) groups is 1. The molecule has 8 nitrogen and oxygen atoms in total. The molecule has 0 atom stereocenters. The molecule has 0 saturated heterocycles. The average molecular weight is 300 g/mol. The van der Waals surface area contributed by atoms with Crippen LogP contribution in [0.3, 0.4) is 0 Å². The molecule has 0 aliphatic rings. The molecule has 2 aromatic heterocycles. The van der Waals surface area contributed by atoms with Gasteiger partial charge in [0, 0.05) is 12.3 Å². The number of carbonyl (C=O) groups excluding carboxylic acids is 1. The van der Waals surface area contributed by atoms with E-state index in [1.54, 1.807) is 23.1 Å². The summed E-state index contributed by atoms with van der Waals surface area (Å²) in [4.78, 5) is 24.6. The fourth-order valence-corrected chi connectivity index (χ4v) is 3.06. The summed E-state index contributed by atoms with van der Waals surface area (Å²) in [5.74, 6) is 0.443. The summed E-state index contributed by atoms with van der Waals surface area (Å²) in [7, 11) is 0. The summed E-state index contributed by atoms with van der Waals surface area (Å²) in [6, 6.07) is 0. The maximum Gasteiger partial charge on any atom is 0.341 e. The minimum Gasteiger partial charge on any atom is -0.349 e. The third kappa shape index (κ3) is 4.17. The molecule has 10 heteroatoms. The van der Waals surface area contributed by atoms with Crippen LogP contribution >= 0.6 is 23.1 Å². The molecular weight excluding hydrogens is 288 g/mol. The molecule has 102 valence electrons. The van der Waals surface area contributed by atoms with E-state index in [2.05, 4.69) is 30.7 Å². The van der Waals surface area contributed by atoms with Crippen molar-refractivity contribution in [3.05, 3.63) is 21.3 Å². The molecule has 0 aliphatic heterocycles. The fourth-order valence-electron chi connectivity index (χ4n) is 1.23. The molecule has 0 aromatic carbocycles. The molecule has 2 rings (SSSR count). The van der Waals surface area contributed by atoms with Gasteiger partial charge >= 0.3 is 5.69 Å². The number of H-pyrrole nitrogens is 2. The van der Waals surface area contributed by atoms with Crippen LogP contribution in [-0.4, -0.2) is 43.6 Å². The van der Waals surface area contributed by atoms with Crippen LogP contribution in [0.2, 0.25) is 0 Å². The lowest BCUT2D eigenvalue weighted by molar-refractivity contribution is 0.0944. The Balaban J connectivity index is 1.64. The molecule has 1 amide bonds. The monoisotopic (exact) mass is 300 g/mol. The van der Waals surface area contributed by atoms with E-state index in [1.165, 1.54) is 0 Å². The quantitative estimate of drug-likeness (QED) is 0.517. The lowest BCUT2D eigenvalue weighted by Crippen LogP contribution is -2.26. The zero-order valence-electron chi connectivity index (χ0n) is 10.1. The van der Waals surface area contributed by atoms with Crippen molar-refractivity contribution >= 4 is 29.0 Å². The summed E-state index contributed by atoms with van der Waals surface area (Å²) in [6.07, 6.45) is 0.795. The molecule has 0 fully saturated rings. The highest BCUT2D eigenvalue weighted by Crippen LogP contribution is 2.21. The summed E-state index contributed by atoms with van der Waals surface area (Å²) >= 11 is 3.16. The van der Waals surface area contributed by atoms with E-state index in [0.29, 0.717) is 6.54 Å². The van der Waals surface area contributed by atoms with Crippen LogP contribution in [0, 0.1) is 6.92 Å². The maximum absolute atomic E-state index is 11.5. The molecule has 2 aromatic rings. The number of hydrogen-bond acceptors (Lipinski definition) is 7. The largest absolute Gasteiger partial charge is 0.349 e. The van der Waals surface area contributed by atoms with Gasteiger partial charge < -0.3 is 5.32 Å². The number of aromatic amines is 2. The van der Waals surface area contributed by atoms with Crippen molar-refractivity contribution in [1.29, 1.82) is 0 Å². The van der Waals surface area contributed by atoms with Crippen LogP contribution < -0.4 is 11.0 Å². The highest BCUT2D eigenvalue weighted by Gasteiger charge is 2.08. The highest BCUT2D eigenvalue weighted by molar-refractivity contribution is 8.01. The molecule has 0 saturated carbocycles. The van der Waals surface area contributed by atoms with Crippen molar-refractivity contribution in [3.8, 4) is 0 Å². The van der Waals surface area contributed by atoms with Gasteiger partial charge in [0.15, 0.2) is 4.34 Å². The lowest BCUT2D eigenvalue weighted by atomic mass is 10.4. The third-order valence-electron chi connectivity index (χ3n) is 2.06. The Morgan fingerprint density at radius 3 is 2.95 bits per heavy atom. The van der Waals surface area contributed by atoms with Gasteiger partial charge in [-0.2, -0.15) is 0 Å². The zero-order valence-corrected chi connectivity index (χ0v) is 11.7. The molecule has 19 heavy (non-hydrogen) atoms. The first-order valence-electron chi connectivity index (χ1n) is 5.51. The number of thioether (sulfide) groups is 1. The summed E-state index contributed by atoms with van der Waals surface area (Å²) < 4.78 is 0.931. The topological polar surface area (TPSA) is 116 Å². The molecule has 2 heterocycles. The molecule has 0 aliphatic carbocycles. The van der Waals surface area contributed by atoms with Gasteiger partial charge in [0.1, 0.15) is 5.01 Å². The van der Waals surface area contributed by atoms with Crippen molar-refractivity contribution in [1.82, 2.24) is 30.7 Å². The number of nitrogens with one attached hydrogen (secondary N) is 3. The summed E-state index contributed by atoms with van der Waals surface area (Å²) in [5, 5.41) is 17.2. The zero-order chi connectivity index (χ0) is 13.7. The van der Waals surface area contributed by atoms with E-state index >= 15 is 0 Å². The van der Waals surface area contributed by atoms with Gasteiger partial charge in [-0.15, -0.1) is 15.3 Å². The summed E-state index contributed by atoms with van der Waals surface area (Å²) in [6.45, 7) is 2.42. The van der Waals surface area contributed by atoms with Crippen LogP contribution in [0.1, 0.15) is 22.0 Å². The van der Waals surface area contributed by atoms with E-state index in [-0.39, 0.29) is 5.82 Å². The van der Waals surface area contributed by atoms with Crippen LogP contribution in [0.25, 0.3) is 0 Å². The summed E-state index contributed by atoms with van der Waals surface area (Å²) in [5.41, 5.74) is -0.493. The minimum absolute atomic E-state index is 0.00241. The van der Waals surface area contributed by atoms with Gasteiger partial charge in [0.05, 0.1) is 0 Å². The second-order valence-corrected chi connectivity index (χ2v) is 6.09. The Labute approximate surface area is 116 Å².